The summed E-state index contributed by atoms with van der Waals surface area (Å²) in [6, 6.07) is 0. The third kappa shape index (κ3) is 3.95. The largest absolute Gasteiger partial charge is 0.137 e. The maximum atomic E-state index is 2.97. The van der Waals surface area contributed by atoms with Crippen molar-refractivity contribution in [2.45, 2.75) is 74.1 Å². The van der Waals surface area contributed by atoms with Gasteiger partial charge in [0.15, 0.2) is 0 Å². The highest BCUT2D eigenvalue weighted by Crippen LogP contribution is 2.51. The summed E-state index contributed by atoms with van der Waals surface area (Å²) in [6.45, 7) is 16.9. The third-order valence-electron chi connectivity index (χ3n) is 5.55. The van der Waals surface area contributed by atoms with Crippen molar-refractivity contribution in [2.24, 2.45) is 22.7 Å². The summed E-state index contributed by atoms with van der Waals surface area (Å²) in [4.78, 5) is 0. The van der Waals surface area contributed by atoms with E-state index >= 15 is 0 Å². The van der Waals surface area contributed by atoms with Crippen molar-refractivity contribution in [2.75, 3.05) is 6.16 Å². The topological polar surface area (TPSA) is 0 Å². The average Bonchev–Trinajstić information content (AvgIpc) is 2.29. The van der Waals surface area contributed by atoms with E-state index < -0.39 is 0 Å². The highest BCUT2D eigenvalue weighted by molar-refractivity contribution is 7.16. The minimum Gasteiger partial charge on any atom is -0.137 e. The highest BCUT2D eigenvalue weighted by Gasteiger charge is 2.43. The second kappa shape index (κ2) is 7.13. The fraction of sp³-hybridized carbons (Fsp3) is 1.00. The fourth-order valence-corrected chi connectivity index (χ4v) is 3.73. The molecule has 0 aliphatic heterocycles. The van der Waals surface area contributed by atoms with Gasteiger partial charge in [-0.2, -0.15) is 0 Å². The predicted octanol–water partition coefficient (Wildman–Crippen LogP) is 5.77. The molecule has 0 aromatic rings. The SMILES string of the molecule is CCCC(C(CC)CP)C(C)(C)C(C)(C)CC. The van der Waals surface area contributed by atoms with Crippen molar-refractivity contribution in [1.29, 1.82) is 0 Å². The molecule has 0 N–H and O–H groups in total. The zero-order valence-corrected chi connectivity index (χ0v) is 14.4. The first-order valence-electron chi connectivity index (χ1n) is 7.48. The predicted molar refractivity (Wildman–Crippen MR) is 84.6 cm³/mol. The molecule has 3 atom stereocenters. The van der Waals surface area contributed by atoms with Crippen LogP contribution in [-0.2, 0) is 0 Å². The quantitative estimate of drug-likeness (QED) is 0.485. The molecule has 0 aliphatic rings. The van der Waals surface area contributed by atoms with E-state index in [4.69, 9.17) is 0 Å². The van der Waals surface area contributed by atoms with Crippen molar-refractivity contribution < 1.29 is 0 Å². The molecule has 104 valence electrons. The van der Waals surface area contributed by atoms with E-state index in [9.17, 15) is 0 Å². The Kier molecular flexibility index (Phi) is 7.31. The van der Waals surface area contributed by atoms with Gasteiger partial charge in [0, 0.05) is 0 Å². The molecule has 0 heterocycles. The zero-order valence-electron chi connectivity index (χ0n) is 13.3. The van der Waals surface area contributed by atoms with Gasteiger partial charge in [0.25, 0.3) is 0 Å². The van der Waals surface area contributed by atoms with Gasteiger partial charge in [-0.1, -0.05) is 67.7 Å². The Labute approximate surface area is 113 Å². The van der Waals surface area contributed by atoms with Gasteiger partial charge in [0.2, 0.25) is 0 Å². The van der Waals surface area contributed by atoms with Crippen LogP contribution < -0.4 is 0 Å². The maximum Gasteiger partial charge on any atom is -0.0272 e. The first kappa shape index (κ1) is 17.4. The van der Waals surface area contributed by atoms with Crippen LogP contribution in [-0.4, -0.2) is 6.16 Å². The molecule has 0 saturated carbocycles. The molecule has 1 heteroatoms. The van der Waals surface area contributed by atoms with E-state index in [0.717, 1.165) is 11.8 Å². The molecule has 3 unspecified atom stereocenters. The van der Waals surface area contributed by atoms with Crippen molar-refractivity contribution in [3.05, 3.63) is 0 Å². The summed E-state index contributed by atoms with van der Waals surface area (Å²) in [5.41, 5.74) is 0.856. The molecule has 0 bridgehead atoms. The van der Waals surface area contributed by atoms with E-state index in [0.29, 0.717) is 10.8 Å². The molecular weight excluding hydrogens is 223 g/mol. The van der Waals surface area contributed by atoms with E-state index in [1.54, 1.807) is 0 Å². The van der Waals surface area contributed by atoms with Crippen LogP contribution in [0.1, 0.15) is 74.1 Å². The zero-order chi connectivity index (χ0) is 13.7. The van der Waals surface area contributed by atoms with Crippen molar-refractivity contribution >= 4 is 9.24 Å². The van der Waals surface area contributed by atoms with Crippen LogP contribution in [0, 0.1) is 22.7 Å². The molecule has 0 aliphatic carbocycles. The van der Waals surface area contributed by atoms with E-state index in [2.05, 4.69) is 57.7 Å². The summed E-state index contributed by atoms with van der Waals surface area (Å²) in [7, 11) is 2.97. The first-order chi connectivity index (χ1) is 7.78. The van der Waals surface area contributed by atoms with Gasteiger partial charge in [-0.15, -0.1) is 9.24 Å². The fourth-order valence-electron chi connectivity index (χ4n) is 3.07. The Balaban J connectivity index is 5.15. The minimum atomic E-state index is 0.426. The van der Waals surface area contributed by atoms with E-state index in [-0.39, 0.29) is 0 Å². The summed E-state index contributed by atoms with van der Waals surface area (Å²) in [6.07, 6.45) is 6.54. The molecular formula is C16H35P. The van der Waals surface area contributed by atoms with Gasteiger partial charge in [0.1, 0.15) is 0 Å². The second-order valence-electron chi connectivity index (χ2n) is 6.76. The molecule has 0 saturated heterocycles. The van der Waals surface area contributed by atoms with Crippen LogP contribution >= 0.6 is 9.24 Å². The molecule has 0 nitrogen and oxygen atoms in total. The van der Waals surface area contributed by atoms with Gasteiger partial charge in [-0.3, -0.25) is 0 Å². The molecule has 0 radical (unpaired) electrons. The number of hydrogen-bond acceptors (Lipinski definition) is 0. The van der Waals surface area contributed by atoms with Gasteiger partial charge >= 0.3 is 0 Å². The number of rotatable bonds is 8. The maximum absolute atomic E-state index is 2.97. The monoisotopic (exact) mass is 258 g/mol. The summed E-state index contributed by atoms with van der Waals surface area (Å²) in [5.74, 6) is 1.71. The Morgan fingerprint density at radius 1 is 1.00 bits per heavy atom. The summed E-state index contributed by atoms with van der Waals surface area (Å²) >= 11 is 0. The average molecular weight is 258 g/mol. The standard InChI is InChI=1S/C16H35P/c1-8-11-14(13(9-2)12-17)16(6,7)15(4,5)10-3/h13-14H,8-12,17H2,1-7H3. The summed E-state index contributed by atoms with van der Waals surface area (Å²) in [5, 5.41) is 0. The van der Waals surface area contributed by atoms with Crippen LogP contribution in [0.15, 0.2) is 0 Å². The lowest BCUT2D eigenvalue weighted by Gasteiger charge is -2.50. The minimum absolute atomic E-state index is 0.426. The molecule has 0 aromatic carbocycles. The van der Waals surface area contributed by atoms with Gasteiger partial charge in [0.05, 0.1) is 0 Å². The Morgan fingerprint density at radius 3 is 1.82 bits per heavy atom. The first-order valence-corrected chi connectivity index (χ1v) is 8.30. The lowest BCUT2D eigenvalue weighted by molar-refractivity contribution is 0.00264. The van der Waals surface area contributed by atoms with Crippen LogP contribution in [0.4, 0.5) is 0 Å². The lowest BCUT2D eigenvalue weighted by atomic mass is 9.56. The summed E-state index contributed by atoms with van der Waals surface area (Å²) < 4.78 is 0. The highest BCUT2D eigenvalue weighted by atomic mass is 31.0. The van der Waals surface area contributed by atoms with Crippen LogP contribution in [0.3, 0.4) is 0 Å². The van der Waals surface area contributed by atoms with Gasteiger partial charge in [-0.05, 0) is 35.2 Å². The molecule has 0 rings (SSSR count). The van der Waals surface area contributed by atoms with Crippen LogP contribution in [0.5, 0.6) is 0 Å². The van der Waals surface area contributed by atoms with Crippen LogP contribution in [0.2, 0.25) is 0 Å². The van der Waals surface area contributed by atoms with Crippen molar-refractivity contribution in [1.82, 2.24) is 0 Å². The van der Waals surface area contributed by atoms with E-state index in [1.165, 1.54) is 31.8 Å². The molecule has 0 aromatic heterocycles. The Hall–Kier alpha value is 0.430. The third-order valence-corrected chi connectivity index (χ3v) is 6.16. The number of hydrogen-bond donors (Lipinski definition) is 0. The van der Waals surface area contributed by atoms with Gasteiger partial charge < -0.3 is 0 Å². The lowest BCUT2D eigenvalue weighted by Crippen LogP contribution is -2.42. The van der Waals surface area contributed by atoms with Crippen LogP contribution in [0.25, 0.3) is 0 Å². The Morgan fingerprint density at radius 2 is 1.53 bits per heavy atom. The van der Waals surface area contributed by atoms with Crippen molar-refractivity contribution in [3.63, 3.8) is 0 Å². The second-order valence-corrected chi connectivity index (χ2v) is 7.23. The van der Waals surface area contributed by atoms with Gasteiger partial charge in [-0.25, -0.2) is 0 Å². The normalized spacial score (nSPS) is 16.9. The smallest absolute Gasteiger partial charge is 0.0272 e. The molecule has 0 fully saturated rings. The Bertz CT molecular complexity index is 202. The van der Waals surface area contributed by atoms with Crippen molar-refractivity contribution in [3.8, 4) is 0 Å². The molecule has 0 amide bonds. The van der Waals surface area contributed by atoms with E-state index in [1.807, 2.05) is 0 Å². The molecule has 17 heavy (non-hydrogen) atoms. The molecule has 0 spiro atoms.